The number of fused-ring (bicyclic) bond motifs is 1. The van der Waals surface area contributed by atoms with Gasteiger partial charge in [-0.1, -0.05) is 18.2 Å². The molecule has 0 aliphatic heterocycles. The molecule has 27 heavy (non-hydrogen) atoms. The first kappa shape index (κ1) is 18.8. The lowest BCUT2D eigenvalue weighted by Crippen LogP contribution is -2.10. The Labute approximate surface area is 151 Å². The van der Waals surface area contributed by atoms with Crippen molar-refractivity contribution in [1.29, 1.82) is 0 Å². The zero-order valence-electron chi connectivity index (χ0n) is 13.7. The molecule has 3 aromatic rings. The molecule has 10 heteroatoms. The average molecular weight is 399 g/mol. The van der Waals surface area contributed by atoms with E-state index in [0.29, 0.717) is 0 Å². The normalized spacial score (nSPS) is 12.3. The van der Waals surface area contributed by atoms with Crippen molar-refractivity contribution >= 4 is 32.6 Å². The van der Waals surface area contributed by atoms with E-state index in [-0.39, 0.29) is 33.5 Å². The molecular weight excluding hydrogens is 387 g/mol. The second-order valence-corrected chi connectivity index (χ2v) is 7.49. The molecule has 1 aromatic heterocycles. The molecule has 0 spiro atoms. The second-order valence-electron chi connectivity index (χ2n) is 5.74. The highest BCUT2D eigenvalue weighted by atomic mass is 32.2. The molecule has 3 rings (SSSR count). The lowest BCUT2D eigenvalue weighted by molar-refractivity contribution is -0.137. The Morgan fingerprint density at radius 3 is 2.26 bits per heavy atom. The molecule has 0 radical (unpaired) electrons. The quantitative estimate of drug-likeness (QED) is 0.686. The van der Waals surface area contributed by atoms with Crippen LogP contribution in [-0.4, -0.2) is 25.7 Å². The van der Waals surface area contributed by atoms with Gasteiger partial charge < -0.3 is 9.52 Å². The van der Waals surface area contributed by atoms with E-state index >= 15 is 0 Å². The standard InChI is InChI=1S/C17H12F3NO5S/c1-27(24,25)21-11-3-2-4-12-13(11)14(16(22)23)15(26-12)9-5-7-10(8-6-9)17(18,19)20/h2-8,21H,1H3,(H,22,23). The highest BCUT2D eigenvalue weighted by Crippen LogP contribution is 2.39. The lowest BCUT2D eigenvalue weighted by Gasteiger charge is -2.07. The monoisotopic (exact) mass is 399 g/mol. The summed E-state index contributed by atoms with van der Waals surface area (Å²) < 4.78 is 69.0. The minimum atomic E-state index is -4.53. The number of furan rings is 1. The third kappa shape index (κ3) is 3.75. The zero-order valence-corrected chi connectivity index (χ0v) is 14.5. The number of anilines is 1. The van der Waals surface area contributed by atoms with Crippen LogP contribution in [-0.2, 0) is 16.2 Å². The van der Waals surface area contributed by atoms with Crippen LogP contribution in [0, 0.1) is 0 Å². The first-order valence-electron chi connectivity index (χ1n) is 7.41. The summed E-state index contributed by atoms with van der Waals surface area (Å²) >= 11 is 0. The van der Waals surface area contributed by atoms with Crippen molar-refractivity contribution < 1.29 is 35.9 Å². The maximum atomic E-state index is 12.7. The van der Waals surface area contributed by atoms with Gasteiger partial charge in [-0.25, -0.2) is 13.2 Å². The van der Waals surface area contributed by atoms with Crippen molar-refractivity contribution in [1.82, 2.24) is 0 Å². The van der Waals surface area contributed by atoms with Crippen LogP contribution in [0.5, 0.6) is 0 Å². The van der Waals surface area contributed by atoms with E-state index in [2.05, 4.69) is 4.72 Å². The fraction of sp³-hybridized carbons (Fsp3) is 0.118. The topological polar surface area (TPSA) is 96.6 Å². The predicted molar refractivity (Wildman–Crippen MR) is 92.1 cm³/mol. The van der Waals surface area contributed by atoms with Crippen molar-refractivity contribution in [2.75, 3.05) is 11.0 Å². The number of carboxylic acid groups (broad SMARTS) is 1. The number of alkyl halides is 3. The summed E-state index contributed by atoms with van der Waals surface area (Å²) in [4.78, 5) is 11.8. The number of sulfonamides is 1. The number of nitrogens with one attached hydrogen (secondary N) is 1. The maximum Gasteiger partial charge on any atom is 0.416 e. The van der Waals surface area contributed by atoms with Gasteiger partial charge in [0, 0.05) is 5.56 Å². The molecule has 0 saturated carbocycles. The van der Waals surface area contributed by atoms with Gasteiger partial charge in [0.25, 0.3) is 0 Å². The molecule has 0 bridgehead atoms. The molecule has 142 valence electrons. The summed E-state index contributed by atoms with van der Waals surface area (Å²) in [5.41, 5.74) is -1.05. The van der Waals surface area contributed by atoms with Crippen molar-refractivity contribution in [2.45, 2.75) is 6.18 Å². The SMILES string of the molecule is CS(=O)(=O)Nc1cccc2oc(-c3ccc(C(F)(F)F)cc3)c(C(=O)O)c12. The van der Waals surface area contributed by atoms with E-state index in [9.17, 15) is 31.5 Å². The number of halogens is 3. The van der Waals surface area contributed by atoms with E-state index in [1.54, 1.807) is 0 Å². The van der Waals surface area contributed by atoms with E-state index in [4.69, 9.17) is 4.42 Å². The van der Waals surface area contributed by atoms with Crippen LogP contribution < -0.4 is 4.72 Å². The molecule has 0 aliphatic carbocycles. The van der Waals surface area contributed by atoms with Gasteiger partial charge in [0.1, 0.15) is 16.9 Å². The van der Waals surface area contributed by atoms with Gasteiger partial charge in [0.15, 0.2) is 0 Å². The molecule has 1 heterocycles. The Balaban J connectivity index is 2.24. The van der Waals surface area contributed by atoms with Crippen molar-refractivity contribution in [3.05, 3.63) is 53.6 Å². The largest absolute Gasteiger partial charge is 0.478 e. The van der Waals surface area contributed by atoms with Gasteiger partial charge in [0.05, 0.1) is 22.9 Å². The fourth-order valence-corrected chi connectivity index (χ4v) is 3.22. The van der Waals surface area contributed by atoms with E-state index in [1.165, 1.54) is 18.2 Å². The number of hydrogen-bond donors (Lipinski definition) is 2. The Morgan fingerprint density at radius 2 is 1.74 bits per heavy atom. The molecule has 0 aliphatic rings. The third-order valence-corrected chi connectivity index (χ3v) is 4.29. The zero-order chi connectivity index (χ0) is 20.0. The highest BCUT2D eigenvalue weighted by Gasteiger charge is 2.31. The van der Waals surface area contributed by atoms with Crippen molar-refractivity contribution in [2.24, 2.45) is 0 Å². The summed E-state index contributed by atoms with van der Waals surface area (Å²) in [6, 6.07) is 8.06. The summed E-state index contributed by atoms with van der Waals surface area (Å²) in [6.45, 7) is 0. The maximum absolute atomic E-state index is 12.7. The fourth-order valence-electron chi connectivity index (χ4n) is 2.65. The van der Waals surface area contributed by atoms with Crippen molar-refractivity contribution in [3.63, 3.8) is 0 Å². The van der Waals surface area contributed by atoms with Crippen LogP contribution >= 0.6 is 0 Å². The summed E-state index contributed by atoms with van der Waals surface area (Å²) in [6.07, 6.45) is -3.63. The molecule has 6 nitrogen and oxygen atoms in total. The number of aromatic carboxylic acids is 1. The van der Waals surface area contributed by atoms with E-state index < -0.39 is 27.7 Å². The lowest BCUT2D eigenvalue weighted by atomic mass is 10.0. The molecule has 0 saturated heterocycles. The van der Waals surface area contributed by atoms with Crippen LogP contribution in [0.2, 0.25) is 0 Å². The Hall–Kier alpha value is -3.01. The van der Waals surface area contributed by atoms with E-state index in [1.807, 2.05) is 0 Å². The number of hydrogen-bond acceptors (Lipinski definition) is 4. The van der Waals surface area contributed by atoms with Crippen LogP contribution in [0.1, 0.15) is 15.9 Å². The minimum absolute atomic E-state index is 0.00493. The molecule has 2 N–H and O–H groups in total. The van der Waals surface area contributed by atoms with Gasteiger partial charge in [-0.05, 0) is 24.3 Å². The molecule has 0 fully saturated rings. The molecule has 0 atom stereocenters. The number of carboxylic acids is 1. The Bertz CT molecular complexity index is 1130. The number of benzene rings is 2. The van der Waals surface area contributed by atoms with Crippen molar-refractivity contribution in [3.8, 4) is 11.3 Å². The molecule has 0 amide bonds. The second kappa shape index (κ2) is 6.31. The average Bonchev–Trinajstić information content (AvgIpc) is 2.93. The number of rotatable bonds is 4. The van der Waals surface area contributed by atoms with Crippen LogP contribution in [0.15, 0.2) is 46.9 Å². The Morgan fingerprint density at radius 1 is 1.11 bits per heavy atom. The van der Waals surface area contributed by atoms with Gasteiger partial charge in [-0.3, -0.25) is 4.72 Å². The molecular formula is C17H12F3NO5S. The van der Waals surface area contributed by atoms with Crippen LogP contribution in [0.4, 0.5) is 18.9 Å². The Kier molecular flexibility index (Phi) is 4.38. The van der Waals surface area contributed by atoms with Crippen LogP contribution in [0.25, 0.3) is 22.3 Å². The summed E-state index contributed by atoms with van der Waals surface area (Å²) in [5, 5.41) is 9.61. The number of carbonyl (C=O) groups is 1. The van der Waals surface area contributed by atoms with Gasteiger partial charge in [0.2, 0.25) is 10.0 Å². The first-order valence-corrected chi connectivity index (χ1v) is 9.31. The highest BCUT2D eigenvalue weighted by molar-refractivity contribution is 7.92. The molecule has 0 unspecified atom stereocenters. The summed E-state index contributed by atoms with van der Waals surface area (Å²) in [7, 11) is -3.70. The summed E-state index contributed by atoms with van der Waals surface area (Å²) in [5.74, 6) is -1.58. The van der Waals surface area contributed by atoms with Gasteiger partial charge in [-0.2, -0.15) is 13.2 Å². The predicted octanol–water partition coefficient (Wildman–Crippen LogP) is 4.19. The minimum Gasteiger partial charge on any atom is -0.478 e. The van der Waals surface area contributed by atoms with E-state index in [0.717, 1.165) is 30.5 Å². The third-order valence-electron chi connectivity index (χ3n) is 3.70. The van der Waals surface area contributed by atoms with Gasteiger partial charge >= 0.3 is 12.1 Å². The van der Waals surface area contributed by atoms with Crippen LogP contribution in [0.3, 0.4) is 0 Å². The smallest absolute Gasteiger partial charge is 0.416 e. The molecule has 2 aromatic carbocycles. The van der Waals surface area contributed by atoms with Gasteiger partial charge in [-0.15, -0.1) is 0 Å². The first-order chi connectivity index (χ1) is 12.5.